The number of hydrogen-bond donors (Lipinski definition) is 1. The zero-order chi connectivity index (χ0) is 16.2. The average Bonchev–Trinajstić information content (AvgIpc) is 3.24. The molecule has 3 aromatic rings. The van der Waals surface area contributed by atoms with E-state index in [2.05, 4.69) is 15.6 Å². The first-order valence-corrected chi connectivity index (χ1v) is 7.53. The number of amides is 1. The zero-order valence-corrected chi connectivity index (χ0v) is 13.1. The maximum atomic E-state index is 12.3. The molecule has 118 valence electrons. The third-order valence-corrected chi connectivity index (χ3v) is 3.64. The summed E-state index contributed by atoms with van der Waals surface area (Å²) in [5.74, 6) is 0.300. The van der Waals surface area contributed by atoms with E-state index in [1.165, 1.54) is 0 Å². The summed E-state index contributed by atoms with van der Waals surface area (Å²) in [5, 5.41) is 11.0. The smallest absolute Gasteiger partial charge is 0.274 e. The molecule has 6 heteroatoms. The van der Waals surface area contributed by atoms with Gasteiger partial charge < -0.3 is 9.84 Å². The Morgan fingerprint density at radius 2 is 2.09 bits per heavy atom. The fourth-order valence-corrected chi connectivity index (χ4v) is 2.44. The van der Waals surface area contributed by atoms with E-state index in [-0.39, 0.29) is 17.6 Å². The second-order valence-corrected chi connectivity index (χ2v) is 5.21. The molecule has 0 aliphatic heterocycles. The Labute approximate surface area is 134 Å². The molecule has 1 amide bonds. The number of benzene rings is 1. The SMILES string of the molecule is CCn1nccc1C(C)NC(=O)c1cc(-c2ccccc2)on1. The Bertz CT molecular complexity index is 792. The largest absolute Gasteiger partial charge is 0.355 e. The summed E-state index contributed by atoms with van der Waals surface area (Å²) in [6.07, 6.45) is 1.73. The fourth-order valence-electron chi connectivity index (χ4n) is 2.44. The number of carbonyl (C=O) groups excluding carboxylic acids is 1. The number of rotatable bonds is 5. The number of nitrogens with zero attached hydrogens (tertiary/aromatic N) is 3. The van der Waals surface area contributed by atoms with Crippen molar-refractivity contribution >= 4 is 5.91 Å². The molecule has 1 N–H and O–H groups in total. The van der Waals surface area contributed by atoms with Crippen molar-refractivity contribution in [2.75, 3.05) is 0 Å². The number of nitrogens with one attached hydrogen (secondary N) is 1. The molecule has 1 atom stereocenters. The third-order valence-electron chi connectivity index (χ3n) is 3.64. The van der Waals surface area contributed by atoms with Gasteiger partial charge in [-0.3, -0.25) is 9.48 Å². The van der Waals surface area contributed by atoms with Crippen molar-refractivity contribution in [2.24, 2.45) is 0 Å². The standard InChI is InChI=1S/C17H18N4O2/c1-3-21-15(9-10-18-21)12(2)19-17(22)14-11-16(23-20-14)13-7-5-4-6-8-13/h4-12H,3H2,1-2H3,(H,19,22). The molecule has 0 spiro atoms. The monoisotopic (exact) mass is 310 g/mol. The lowest BCUT2D eigenvalue weighted by Gasteiger charge is -2.14. The highest BCUT2D eigenvalue weighted by molar-refractivity contribution is 5.93. The number of hydrogen-bond acceptors (Lipinski definition) is 4. The molecular weight excluding hydrogens is 292 g/mol. The molecular formula is C17H18N4O2. The van der Waals surface area contributed by atoms with Crippen LogP contribution >= 0.6 is 0 Å². The van der Waals surface area contributed by atoms with Gasteiger partial charge in [0, 0.05) is 24.4 Å². The third kappa shape index (κ3) is 3.15. The van der Waals surface area contributed by atoms with Crippen LogP contribution in [-0.2, 0) is 6.54 Å². The van der Waals surface area contributed by atoms with Crippen LogP contribution in [0.15, 0.2) is 53.2 Å². The topological polar surface area (TPSA) is 73.0 Å². The van der Waals surface area contributed by atoms with E-state index >= 15 is 0 Å². The summed E-state index contributed by atoms with van der Waals surface area (Å²) in [4.78, 5) is 12.3. The fraction of sp³-hybridized carbons (Fsp3) is 0.235. The highest BCUT2D eigenvalue weighted by Gasteiger charge is 2.18. The first-order valence-electron chi connectivity index (χ1n) is 7.53. The predicted molar refractivity (Wildman–Crippen MR) is 85.7 cm³/mol. The lowest BCUT2D eigenvalue weighted by atomic mass is 10.1. The summed E-state index contributed by atoms with van der Waals surface area (Å²) in [6.45, 7) is 4.68. The first-order chi connectivity index (χ1) is 11.2. The van der Waals surface area contributed by atoms with Crippen LogP contribution in [0.25, 0.3) is 11.3 Å². The lowest BCUT2D eigenvalue weighted by molar-refractivity contribution is 0.0929. The van der Waals surface area contributed by atoms with Gasteiger partial charge in [-0.15, -0.1) is 0 Å². The molecule has 0 saturated heterocycles. The van der Waals surface area contributed by atoms with Crippen molar-refractivity contribution < 1.29 is 9.32 Å². The molecule has 2 aromatic heterocycles. The van der Waals surface area contributed by atoms with Gasteiger partial charge >= 0.3 is 0 Å². The Kier molecular flexibility index (Phi) is 4.23. The van der Waals surface area contributed by atoms with Crippen molar-refractivity contribution in [3.8, 4) is 11.3 Å². The molecule has 0 aliphatic carbocycles. The summed E-state index contributed by atoms with van der Waals surface area (Å²) in [7, 11) is 0. The van der Waals surface area contributed by atoms with Crippen LogP contribution in [-0.4, -0.2) is 20.8 Å². The second-order valence-electron chi connectivity index (χ2n) is 5.21. The van der Waals surface area contributed by atoms with E-state index in [4.69, 9.17) is 4.52 Å². The molecule has 1 unspecified atom stereocenters. The van der Waals surface area contributed by atoms with E-state index in [0.29, 0.717) is 5.76 Å². The molecule has 2 heterocycles. The van der Waals surface area contributed by atoms with Crippen LogP contribution in [0.4, 0.5) is 0 Å². The number of aromatic nitrogens is 3. The molecule has 0 fully saturated rings. The maximum absolute atomic E-state index is 12.3. The zero-order valence-electron chi connectivity index (χ0n) is 13.1. The van der Waals surface area contributed by atoms with Gasteiger partial charge in [0.05, 0.1) is 11.7 Å². The minimum atomic E-state index is -0.271. The molecule has 6 nitrogen and oxygen atoms in total. The van der Waals surface area contributed by atoms with Crippen LogP contribution in [0, 0.1) is 0 Å². The average molecular weight is 310 g/mol. The molecule has 3 rings (SSSR count). The van der Waals surface area contributed by atoms with Gasteiger partial charge in [-0.05, 0) is 19.9 Å². The molecule has 1 aromatic carbocycles. The number of carbonyl (C=O) groups is 1. The minimum Gasteiger partial charge on any atom is -0.355 e. The Hall–Kier alpha value is -2.89. The molecule has 0 radical (unpaired) electrons. The van der Waals surface area contributed by atoms with Gasteiger partial charge in [-0.2, -0.15) is 5.10 Å². The van der Waals surface area contributed by atoms with E-state index in [9.17, 15) is 4.79 Å². The van der Waals surface area contributed by atoms with E-state index in [0.717, 1.165) is 17.8 Å². The van der Waals surface area contributed by atoms with Crippen LogP contribution in [0.5, 0.6) is 0 Å². The summed E-state index contributed by atoms with van der Waals surface area (Å²) < 4.78 is 7.11. The van der Waals surface area contributed by atoms with Gasteiger partial charge in [0.25, 0.3) is 5.91 Å². The van der Waals surface area contributed by atoms with E-state index in [1.807, 2.05) is 54.9 Å². The Morgan fingerprint density at radius 1 is 1.30 bits per heavy atom. The Morgan fingerprint density at radius 3 is 2.83 bits per heavy atom. The summed E-state index contributed by atoms with van der Waals surface area (Å²) in [5.41, 5.74) is 2.10. The maximum Gasteiger partial charge on any atom is 0.274 e. The highest BCUT2D eigenvalue weighted by atomic mass is 16.5. The quantitative estimate of drug-likeness (QED) is 0.786. The summed E-state index contributed by atoms with van der Waals surface area (Å²) in [6, 6.07) is 12.9. The van der Waals surface area contributed by atoms with Crippen molar-refractivity contribution in [1.29, 1.82) is 0 Å². The lowest BCUT2D eigenvalue weighted by Crippen LogP contribution is -2.28. The molecule has 0 saturated carbocycles. The molecule has 0 aliphatic rings. The number of aryl methyl sites for hydroxylation is 1. The van der Waals surface area contributed by atoms with Crippen molar-refractivity contribution in [2.45, 2.75) is 26.4 Å². The van der Waals surface area contributed by atoms with Crippen molar-refractivity contribution in [3.63, 3.8) is 0 Å². The van der Waals surface area contributed by atoms with Crippen molar-refractivity contribution in [3.05, 3.63) is 60.0 Å². The molecule has 0 bridgehead atoms. The normalized spacial score (nSPS) is 12.1. The van der Waals surface area contributed by atoms with E-state index < -0.39 is 0 Å². The van der Waals surface area contributed by atoms with Gasteiger partial charge in [0.15, 0.2) is 11.5 Å². The Balaban J connectivity index is 1.73. The van der Waals surface area contributed by atoms with E-state index in [1.54, 1.807) is 12.3 Å². The first kappa shape index (κ1) is 15.0. The second kappa shape index (κ2) is 6.48. The molecule has 23 heavy (non-hydrogen) atoms. The van der Waals surface area contributed by atoms with Crippen LogP contribution in [0.3, 0.4) is 0 Å². The van der Waals surface area contributed by atoms with Gasteiger partial charge in [0.2, 0.25) is 0 Å². The van der Waals surface area contributed by atoms with Gasteiger partial charge in [0.1, 0.15) is 0 Å². The highest BCUT2D eigenvalue weighted by Crippen LogP contribution is 2.20. The predicted octanol–water partition coefficient (Wildman–Crippen LogP) is 3.05. The van der Waals surface area contributed by atoms with Crippen LogP contribution in [0.1, 0.15) is 36.1 Å². The van der Waals surface area contributed by atoms with Crippen LogP contribution < -0.4 is 5.32 Å². The van der Waals surface area contributed by atoms with Crippen LogP contribution in [0.2, 0.25) is 0 Å². The minimum absolute atomic E-state index is 0.165. The van der Waals surface area contributed by atoms with Crippen molar-refractivity contribution in [1.82, 2.24) is 20.3 Å². The summed E-state index contributed by atoms with van der Waals surface area (Å²) >= 11 is 0. The van der Waals surface area contributed by atoms with Gasteiger partial charge in [-0.25, -0.2) is 0 Å². The van der Waals surface area contributed by atoms with Gasteiger partial charge in [-0.1, -0.05) is 35.5 Å².